The Morgan fingerprint density at radius 1 is 1.45 bits per heavy atom. The van der Waals surface area contributed by atoms with E-state index in [1.165, 1.54) is 6.20 Å². The lowest BCUT2D eigenvalue weighted by atomic mass is 10.0. The Morgan fingerprint density at radius 3 is 2.55 bits per heavy atom. The molecule has 1 aromatic rings. The zero-order valence-electron chi connectivity index (χ0n) is 11.9. The number of nitrogens with one attached hydrogen (secondary N) is 1. The molecule has 0 bridgehead atoms. The maximum absolute atomic E-state index is 12.2. The lowest BCUT2D eigenvalue weighted by Crippen LogP contribution is -2.45. The molecule has 110 valence electrons. The van der Waals surface area contributed by atoms with Crippen LogP contribution in [0.3, 0.4) is 0 Å². The highest BCUT2D eigenvalue weighted by Gasteiger charge is 2.26. The van der Waals surface area contributed by atoms with Crippen molar-refractivity contribution in [2.24, 2.45) is 0 Å². The molecule has 1 amide bonds. The number of hydrogen-bond acceptors (Lipinski definition) is 4. The lowest BCUT2D eigenvalue weighted by Gasteiger charge is -2.24. The molecule has 6 nitrogen and oxygen atoms in total. The molecule has 0 saturated heterocycles. The molecule has 0 spiro atoms. The van der Waals surface area contributed by atoms with Gasteiger partial charge in [0, 0.05) is 11.5 Å². The van der Waals surface area contributed by atoms with Crippen LogP contribution >= 0.6 is 11.6 Å². The Kier molecular flexibility index (Phi) is 5.05. The summed E-state index contributed by atoms with van der Waals surface area (Å²) < 4.78 is 0. The van der Waals surface area contributed by atoms with E-state index in [0.717, 1.165) is 0 Å². The Morgan fingerprint density at radius 2 is 2.05 bits per heavy atom. The van der Waals surface area contributed by atoms with Crippen molar-refractivity contribution >= 4 is 23.5 Å². The third-order valence-electron chi connectivity index (χ3n) is 2.54. The molecule has 20 heavy (non-hydrogen) atoms. The topological polar surface area (TPSA) is 92.2 Å². The molecule has 0 aliphatic heterocycles. The number of aliphatic carboxylic acids is 1. The second kappa shape index (κ2) is 6.17. The Hall–Kier alpha value is -1.69. The smallest absolute Gasteiger partial charge is 0.305 e. The molecular formula is C13H18ClN3O3. The first-order valence-corrected chi connectivity index (χ1v) is 6.57. The Balaban J connectivity index is 2.97. The van der Waals surface area contributed by atoms with E-state index in [-0.39, 0.29) is 23.1 Å². The van der Waals surface area contributed by atoms with Gasteiger partial charge in [-0.25, -0.2) is 9.97 Å². The molecule has 7 heteroatoms. The largest absolute Gasteiger partial charge is 0.481 e. The first-order valence-electron chi connectivity index (χ1n) is 6.19. The molecule has 0 fully saturated rings. The summed E-state index contributed by atoms with van der Waals surface area (Å²) in [6, 6.07) is 0. The van der Waals surface area contributed by atoms with E-state index in [4.69, 9.17) is 16.7 Å². The molecule has 0 aromatic carbocycles. The quantitative estimate of drug-likeness (QED) is 0.870. The summed E-state index contributed by atoms with van der Waals surface area (Å²) in [7, 11) is 0. The van der Waals surface area contributed by atoms with Gasteiger partial charge in [0.25, 0.3) is 5.91 Å². The zero-order chi connectivity index (χ0) is 15.5. The number of carbonyl (C=O) groups excluding carboxylic acids is 1. The summed E-state index contributed by atoms with van der Waals surface area (Å²) in [5.41, 5.74) is -0.835. The van der Waals surface area contributed by atoms with Crippen molar-refractivity contribution in [2.45, 2.75) is 45.6 Å². The van der Waals surface area contributed by atoms with E-state index >= 15 is 0 Å². The van der Waals surface area contributed by atoms with Crippen LogP contribution in [0.15, 0.2) is 6.20 Å². The van der Waals surface area contributed by atoms with Crippen molar-refractivity contribution in [3.63, 3.8) is 0 Å². The second-order valence-electron chi connectivity index (χ2n) is 5.49. The standard InChI is InChI=1S/C13H18ClN3O3/c1-7(2)11-15-6-8(14)10(16-11)12(20)17-13(3,4)5-9(18)19/h6-7H,5H2,1-4H3,(H,17,20)(H,18,19). The number of halogens is 1. The molecule has 0 unspecified atom stereocenters. The number of rotatable bonds is 5. The van der Waals surface area contributed by atoms with Crippen molar-refractivity contribution < 1.29 is 14.7 Å². The van der Waals surface area contributed by atoms with Gasteiger partial charge in [-0.05, 0) is 13.8 Å². The monoisotopic (exact) mass is 299 g/mol. The summed E-state index contributed by atoms with van der Waals surface area (Å²) in [6.45, 7) is 7.05. The maximum atomic E-state index is 12.2. The fourth-order valence-electron chi connectivity index (χ4n) is 1.61. The number of hydrogen-bond donors (Lipinski definition) is 2. The maximum Gasteiger partial charge on any atom is 0.305 e. The average molecular weight is 300 g/mol. The number of carbonyl (C=O) groups is 2. The predicted octanol–water partition coefficient (Wildman–Crippen LogP) is 2.24. The first kappa shape index (κ1) is 16.4. The van der Waals surface area contributed by atoms with E-state index in [1.54, 1.807) is 13.8 Å². The predicted molar refractivity (Wildman–Crippen MR) is 74.9 cm³/mol. The molecule has 0 aliphatic carbocycles. The van der Waals surface area contributed by atoms with Crippen LogP contribution in [0, 0.1) is 0 Å². The molecular weight excluding hydrogens is 282 g/mol. The fraction of sp³-hybridized carbons (Fsp3) is 0.538. The average Bonchev–Trinajstić information content (AvgIpc) is 2.26. The Bertz CT molecular complexity index is 530. The third-order valence-corrected chi connectivity index (χ3v) is 2.82. The van der Waals surface area contributed by atoms with Crippen LogP contribution in [0.2, 0.25) is 5.02 Å². The third kappa shape index (κ3) is 4.45. The van der Waals surface area contributed by atoms with Crippen LogP contribution in [0.5, 0.6) is 0 Å². The van der Waals surface area contributed by atoms with Crippen LogP contribution in [-0.4, -0.2) is 32.5 Å². The highest BCUT2D eigenvalue weighted by Crippen LogP contribution is 2.18. The zero-order valence-corrected chi connectivity index (χ0v) is 12.7. The van der Waals surface area contributed by atoms with Gasteiger partial charge in [-0.3, -0.25) is 9.59 Å². The van der Waals surface area contributed by atoms with E-state index in [0.29, 0.717) is 5.82 Å². The molecule has 1 aromatic heterocycles. The van der Waals surface area contributed by atoms with Crippen molar-refractivity contribution in [2.75, 3.05) is 0 Å². The molecule has 0 radical (unpaired) electrons. The van der Waals surface area contributed by atoms with Gasteiger partial charge >= 0.3 is 5.97 Å². The van der Waals surface area contributed by atoms with Crippen LogP contribution in [0.4, 0.5) is 0 Å². The van der Waals surface area contributed by atoms with Crippen molar-refractivity contribution in [3.8, 4) is 0 Å². The van der Waals surface area contributed by atoms with Gasteiger partial charge in [0.05, 0.1) is 17.6 Å². The summed E-state index contributed by atoms with van der Waals surface area (Å²) in [5, 5.41) is 11.6. The van der Waals surface area contributed by atoms with Crippen LogP contribution < -0.4 is 5.32 Å². The second-order valence-corrected chi connectivity index (χ2v) is 5.90. The molecule has 1 rings (SSSR count). The summed E-state index contributed by atoms with van der Waals surface area (Å²) >= 11 is 5.93. The van der Waals surface area contributed by atoms with E-state index in [2.05, 4.69) is 15.3 Å². The number of aromatic nitrogens is 2. The van der Waals surface area contributed by atoms with Gasteiger partial charge in [0.15, 0.2) is 0 Å². The van der Waals surface area contributed by atoms with Crippen molar-refractivity contribution in [1.29, 1.82) is 0 Å². The lowest BCUT2D eigenvalue weighted by molar-refractivity contribution is -0.138. The highest BCUT2D eigenvalue weighted by molar-refractivity contribution is 6.33. The van der Waals surface area contributed by atoms with Gasteiger partial charge in [-0.1, -0.05) is 25.4 Å². The normalized spacial score (nSPS) is 11.5. The highest BCUT2D eigenvalue weighted by atomic mass is 35.5. The van der Waals surface area contributed by atoms with E-state index < -0.39 is 17.4 Å². The molecule has 2 N–H and O–H groups in total. The van der Waals surface area contributed by atoms with Gasteiger partial charge in [-0.2, -0.15) is 0 Å². The minimum Gasteiger partial charge on any atom is -0.481 e. The molecule has 1 heterocycles. The molecule has 0 atom stereocenters. The molecule has 0 saturated carbocycles. The van der Waals surface area contributed by atoms with Crippen LogP contribution in [0.25, 0.3) is 0 Å². The van der Waals surface area contributed by atoms with Gasteiger partial charge < -0.3 is 10.4 Å². The SMILES string of the molecule is CC(C)c1ncc(Cl)c(C(=O)NC(C)(C)CC(=O)O)n1. The summed E-state index contributed by atoms with van der Waals surface area (Å²) in [5.74, 6) is -0.932. The Labute approximate surface area is 122 Å². The fourth-order valence-corrected chi connectivity index (χ4v) is 1.78. The van der Waals surface area contributed by atoms with Gasteiger partial charge in [-0.15, -0.1) is 0 Å². The molecule has 0 aliphatic rings. The van der Waals surface area contributed by atoms with E-state index in [9.17, 15) is 9.59 Å². The first-order chi connectivity index (χ1) is 9.12. The minimum atomic E-state index is -0.994. The van der Waals surface area contributed by atoms with Gasteiger partial charge in [0.1, 0.15) is 11.5 Å². The van der Waals surface area contributed by atoms with Crippen LogP contribution in [-0.2, 0) is 4.79 Å². The number of carboxylic acid groups (broad SMARTS) is 1. The number of nitrogens with zero attached hydrogens (tertiary/aromatic N) is 2. The summed E-state index contributed by atoms with van der Waals surface area (Å²) in [4.78, 5) is 31.1. The number of carboxylic acids is 1. The number of amides is 1. The summed E-state index contributed by atoms with van der Waals surface area (Å²) in [6.07, 6.45) is 1.18. The van der Waals surface area contributed by atoms with E-state index in [1.807, 2.05) is 13.8 Å². The van der Waals surface area contributed by atoms with Gasteiger partial charge in [0.2, 0.25) is 0 Å². The van der Waals surface area contributed by atoms with Crippen LogP contribution in [0.1, 0.15) is 56.3 Å². The van der Waals surface area contributed by atoms with Crippen molar-refractivity contribution in [3.05, 3.63) is 22.7 Å². The minimum absolute atomic E-state index is 0.0591. The van der Waals surface area contributed by atoms with Crippen molar-refractivity contribution in [1.82, 2.24) is 15.3 Å².